The average Bonchev–Trinajstić information content (AvgIpc) is 3.33. The maximum atomic E-state index is 13.0. The molecular formula is C24H30N6O2. The lowest BCUT2D eigenvalue weighted by atomic mass is 9.97. The molecule has 0 radical (unpaired) electrons. The van der Waals surface area contributed by atoms with Crippen molar-refractivity contribution < 1.29 is 9.32 Å². The van der Waals surface area contributed by atoms with Crippen LogP contribution in [0.25, 0.3) is 11.1 Å². The van der Waals surface area contributed by atoms with Crippen molar-refractivity contribution in [3.8, 4) is 11.1 Å². The van der Waals surface area contributed by atoms with Gasteiger partial charge < -0.3 is 19.6 Å². The van der Waals surface area contributed by atoms with Gasteiger partial charge in [-0.3, -0.25) is 9.78 Å². The average molecular weight is 435 g/mol. The molecule has 1 aliphatic heterocycles. The van der Waals surface area contributed by atoms with Gasteiger partial charge in [-0.25, -0.2) is 0 Å². The minimum absolute atomic E-state index is 0.0756. The van der Waals surface area contributed by atoms with Crippen LogP contribution in [0.15, 0.2) is 47.6 Å². The van der Waals surface area contributed by atoms with Crippen molar-refractivity contribution in [1.29, 1.82) is 0 Å². The van der Waals surface area contributed by atoms with Gasteiger partial charge in [0, 0.05) is 50.0 Å². The summed E-state index contributed by atoms with van der Waals surface area (Å²) in [5, 5.41) is 7.13. The summed E-state index contributed by atoms with van der Waals surface area (Å²) >= 11 is 0. The van der Waals surface area contributed by atoms with Crippen LogP contribution in [0, 0.1) is 6.92 Å². The Bertz CT molecular complexity index is 1070. The molecule has 0 bridgehead atoms. The number of piperazine rings is 1. The Hall–Kier alpha value is -3.26. The Morgan fingerprint density at radius 2 is 2.00 bits per heavy atom. The predicted molar refractivity (Wildman–Crippen MR) is 123 cm³/mol. The zero-order chi connectivity index (χ0) is 22.7. The number of amides is 1. The number of hydrogen-bond donors (Lipinski definition) is 1. The Kier molecular flexibility index (Phi) is 6.23. The van der Waals surface area contributed by atoms with Crippen molar-refractivity contribution in [2.24, 2.45) is 0 Å². The van der Waals surface area contributed by atoms with Crippen molar-refractivity contribution in [1.82, 2.24) is 25.3 Å². The maximum Gasteiger partial charge on any atom is 0.295 e. The molecule has 1 saturated heterocycles. The van der Waals surface area contributed by atoms with E-state index in [0.717, 1.165) is 48.6 Å². The largest absolute Gasteiger partial charge is 0.367 e. The first-order chi connectivity index (χ1) is 15.3. The van der Waals surface area contributed by atoms with Gasteiger partial charge in [0.2, 0.25) is 6.39 Å². The van der Waals surface area contributed by atoms with Gasteiger partial charge in [0.25, 0.3) is 11.7 Å². The van der Waals surface area contributed by atoms with Crippen molar-refractivity contribution in [3.05, 3.63) is 60.0 Å². The van der Waals surface area contributed by atoms with Crippen LogP contribution in [0.4, 0.5) is 5.69 Å². The third-order valence-electron chi connectivity index (χ3n) is 5.85. The van der Waals surface area contributed by atoms with E-state index in [2.05, 4.69) is 56.5 Å². The SMILES string of the molecule is Cc1cc(-c2ccncc2N2CCNCC2)ccc1CN(C(=O)c1ncon1)C(C)(C)C. The number of carbonyl (C=O) groups excluding carboxylic acids is 1. The maximum absolute atomic E-state index is 13.0. The van der Waals surface area contributed by atoms with Gasteiger partial charge in [-0.15, -0.1) is 0 Å². The number of carbonyl (C=O) groups is 1. The summed E-state index contributed by atoms with van der Waals surface area (Å²) in [5.41, 5.74) is 5.29. The molecule has 0 unspecified atom stereocenters. The van der Waals surface area contributed by atoms with Gasteiger partial charge in [0.15, 0.2) is 0 Å². The Labute approximate surface area is 188 Å². The van der Waals surface area contributed by atoms with E-state index < -0.39 is 5.54 Å². The third kappa shape index (κ3) is 4.65. The summed E-state index contributed by atoms with van der Waals surface area (Å²) in [6, 6.07) is 8.50. The molecule has 2 aromatic heterocycles. The second-order valence-corrected chi connectivity index (χ2v) is 9.09. The van der Waals surface area contributed by atoms with Crippen LogP contribution in [0.5, 0.6) is 0 Å². The second-order valence-electron chi connectivity index (χ2n) is 9.09. The highest BCUT2D eigenvalue weighted by Crippen LogP contribution is 2.32. The molecule has 8 heteroatoms. The predicted octanol–water partition coefficient (Wildman–Crippen LogP) is 3.29. The number of hydrogen-bond acceptors (Lipinski definition) is 7. The first kappa shape index (κ1) is 22.0. The summed E-state index contributed by atoms with van der Waals surface area (Å²) in [6.45, 7) is 12.5. The topological polar surface area (TPSA) is 87.4 Å². The molecule has 0 atom stereocenters. The second kappa shape index (κ2) is 9.08. The van der Waals surface area contributed by atoms with Crippen LogP contribution >= 0.6 is 0 Å². The Morgan fingerprint density at radius 1 is 1.22 bits per heavy atom. The van der Waals surface area contributed by atoms with Gasteiger partial charge in [-0.2, -0.15) is 4.98 Å². The van der Waals surface area contributed by atoms with Crippen LogP contribution in [-0.2, 0) is 6.54 Å². The fourth-order valence-electron chi connectivity index (χ4n) is 4.00. The summed E-state index contributed by atoms with van der Waals surface area (Å²) in [4.78, 5) is 25.5. The molecule has 0 aliphatic carbocycles. The first-order valence-corrected chi connectivity index (χ1v) is 10.9. The fourth-order valence-corrected chi connectivity index (χ4v) is 4.00. The van der Waals surface area contributed by atoms with Gasteiger partial charge in [-0.05, 0) is 50.5 Å². The quantitative estimate of drug-likeness (QED) is 0.659. The number of nitrogens with zero attached hydrogens (tertiary/aromatic N) is 5. The van der Waals surface area contributed by atoms with Gasteiger partial charge in [0.05, 0.1) is 11.9 Å². The molecular weight excluding hydrogens is 404 g/mol. The molecule has 168 valence electrons. The molecule has 0 spiro atoms. The summed E-state index contributed by atoms with van der Waals surface area (Å²) in [6.07, 6.45) is 4.98. The number of nitrogens with one attached hydrogen (secondary N) is 1. The highest BCUT2D eigenvalue weighted by atomic mass is 16.5. The third-order valence-corrected chi connectivity index (χ3v) is 5.85. The van der Waals surface area contributed by atoms with Crippen LogP contribution in [0.3, 0.4) is 0 Å². The standard InChI is InChI=1S/C24H30N6O2/c1-17-13-18(20-7-8-26-14-21(20)29-11-9-25-10-12-29)5-6-19(17)15-30(24(2,3)4)23(31)22-27-16-32-28-22/h5-8,13-14,16,25H,9-12,15H2,1-4H3. The summed E-state index contributed by atoms with van der Waals surface area (Å²) in [7, 11) is 0. The smallest absolute Gasteiger partial charge is 0.295 e. The van der Waals surface area contributed by atoms with E-state index in [1.54, 1.807) is 4.90 Å². The first-order valence-electron chi connectivity index (χ1n) is 10.9. The van der Waals surface area contributed by atoms with E-state index in [0.29, 0.717) is 6.54 Å². The Morgan fingerprint density at radius 3 is 2.66 bits per heavy atom. The van der Waals surface area contributed by atoms with Crippen LogP contribution in [0.1, 0.15) is 42.5 Å². The number of pyridine rings is 1. The lowest BCUT2D eigenvalue weighted by molar-refractivity contribution is 0.0542. The normalized spacial score (nSPS) is 14.4. The van der Waals surface area contributed by atoms with E-state index >= 15 is 0 Å². The number of benzene rings is 1. The fraction of sp³-hybridized carbons (Fsp3) is 0.417. The van der Waals surface area contributed by atoms with Crippen LogP contribution in [-0.4, -0.2) is 57.6 Å². The van der Waals surface area contributed by atoms with Gasteiger partial charge in [0.1, 0.15) is 0 Å². The summed E-state index contributed by atoms with van der Waals surface area (Å²) < 4.78 is 4.78. The lowest BCUT2D eigenvalue weighted by Crippen LogP contribution is -2.45. The van der Waals surface area contributed by atoms with E-state index in [9.17, 15) is 4.79 Å². The molecule has 1 aromatic carbocycles. The molecule has 0 saturated carbocycles. The number of anilines is 1. The molecule has 3 heterocycles. The molecule has 4 rings (SSSR count). The minimum atomic E-state index is -0.399. The molecule has 1 N–H and O–H groups in total. The van der Waals surface area contributed by atoms with Gasteiger partial charge in [-0.1, -0.05) is 23.4 Å². The van der Waals surface area contributed by atoms with E-state index in [4.69, 9.17) is 4.52 Å². The Balaban J connectivity index is 1.62. The van der Waals surface area contributed by atoms with E-state index in [1.807, 2.05) is 33.2 Å². The van der Waals surface area contributed by atoms with Crippen molar-refractivity contribution in [2.45, 2.75) is 39.8 Å². The number of rotatable bonds is 5. The van der Waals surface area contributed by atoms with E-state index in [1.165, 1.54) is 12.0 Å². The van der Waals surface area contributed by atoms with Gasteiger partial charge >= 0.3 is 0 Å². The van der Waals surface area contributed by atoms with Crippen LogP contribution in [0.2, 0.25) is 0 Å². The van der Waals surface area contributed by atoms with E-state index in [-0.39, 0.29) is 11.7 Å². The zero-order valence-electron chi connectivity index (χ0n) is 19.1. The highest BCUT2D eigenvalue weighted by Gasteiger charge is 2.30. The van der Waals surface area contributed by atoms with Crippen molar-refractivity contribution >= 4 is 11.6 Å². The lowest BCUT2D eigenvalue weighted by Gasteiger charge is -2.35. The minimum Gasteiger partial charge on any atom is -0.367 e. The molecule has 8 nitrogen and oxygen atoms in total. The number of aryl methyl sites for hydroxylation is 1. The summed E-state index contributed by atoms with van der Waals surface area (Å²) in [5.74, 6) is -0.170. The van der Waals surface area contributed by atoms with Crippen molar-refractivity contribution in [3.63, 3.8) is 0 Å². The molecule has 1 amide bonds. The number of aromatic nitrogens is 3. The molecule has 3 aromatic rings. The highest BCUT2D eigenvalue weighted by molar-refractivity contribution is 5.90. The molecule has 1 aliphatic rings. The van der Waals surface area contributed by atoms with Crippen molar-refractivity contribution in [2.75, 3.05) is 31.1 Å². The van der Waals surface area contributed by atoms with Crippen LogP contribution < -0.4 is 10.2 Å². The zero-order valence-corrected chi connectivity index (χ0v) is 19.1. The monoisotopic (exact) mass is 434 g/mol. The molecule has 1 fully saturated rings. The molecule has 32 heavy (non-hydrogen) atoms.